The van der Waals surface area contributed by atoms with Crippen molar-refractivity contribution >= 4 is 13.2 Å². The Hall–Kier alpha value is -0.180. The average molecular weight is 406 g/mol. The van der Waals surface area contributed by atoms with Crippen molar-refractivity contribution in [2.45, 2.75) is 104 Å². The van der Waals surface area contributed by atoms with E-state index in [0.717, 1.165) is 12.8 Å². The average Bonchev–Trinajstić information content (AvgIpc) is 2.67. The molecule has 0 rings (SSSR count). The van der Waals surface area contributed by atoms with Crippen LogP contribution in [0.2, 0.25) is 0 Å². The van der Waals surface area contributed by atoms with Gasteiger partial charge < -0.3 is 16.6 Å². The fourth-order valence-corrected chi connectivity index (χ4v) is 8.57. The van der Waals surface area contributed by atoms with Crippen LogP contribution in [-0.4, -0.2) is 48.3 Å². The van der Waals surface area contributed by atoms with Crippen LogP contribution in [0.4, 0.5) is 0 Å². The van der Waals surface area contributed by atoms with E-state index in [1.165, 1.54) is 51.4 Å². The summed E-state index contributed by atoms with van der Waals surface area (Å²) >= 11 is 0. The second-order valence-corrected chi connectivity index (χ2v) is 12.4. The van der Waals surface area contributed by atoms with Crippen LogP contribution in [0.3, 0.4) is 0 Å². The molecule has 1 atom stereocenters. The van der Waals surface area contributed by atoms with Crippen LogP contribution in [0.15, 0.2) is 0 Å². The van der Waals surface area contributed by atoms with Gasteiger partial charge in [0.1, 0.15) is 6.04 Å². The van der Waals surface area contributed by atoms with Gasteiger partial charge in [-0.2, -0.15) is 0 Å². The molecule has 0 saturated carbocycles. The minimum absolute atomic E-state index is 0.520. The van der Waals surface area contributed by atoms with Crippen LogP contribution in [0, 0.1) is 0 Å². The van der Waals surface area contributed by atoms with Crippen molar-refractivity contribution in [1.29, 1.82) is 0 Å². The van der Waals surface area contributed by atoms with Crippen molar-refractivity contribution in [1.82, 2.24) is 0 Å². The first-order valence-corrected chi connectivity index (χ1v) is 14.0. The van der Waals surface area contributed by atoms with E-state index in [9.17, 15) is 4.79 Å². The maximum atomic E-state index is 10.1. The molecule has 0 saturated heterocycles. The van der Waals surface area contributed by atoms with Gasteiger partial charge >= 0.3 is 5.97 Å². The first-order valence-electron chi connectivity index (χ1n) is 11.5. The summed E-state index contributed by atoms with van der Waals surface area (Å²) in [6, 6.07) is -0.716. The van der Waals surface area contributed by atoms with Crippen molar-refractivity contribution in [2.24, 2.45) is 11.5 Å². The molecule has 0 aromatic heterocycles. The standard InChI is InChI=1S/C16H36P.C6H14N2O2/c1-5-9-13-17(14-10-6-2,15-11-7-3)16-12-8-4;7-4-2-1-3-5(8)6(9)10/h5-16H2,1-4H3;5H,1-4,7-8H2,(H,9,10)/q+1;. The zero-order valence-corrected chi connectivity index (χ0v) is 19.7. The molecule has 164 valence electrons. The summed E-state index contributed by atoms with van der Waals surface area (Å²) in [7, 11) is -0.562. The molecule has 0 aliphatic heterocycles. The van der Waals surface area contributed by atoms with Crippen LogP contribution < -0.4 is 11.5 Å². The van der Waals surface area contributed by atoms with Crippen LogP contribution >= 0.6 is 7.26 Å². The third kappa shape index (κ3) is 17.6. The van der Waals surface area contributed by atoms with E-state index in [1.54, 1.807) is 24.6 Å². The van der Waals surface area contributed by atoms with E-state index < -0.39 is 19.3 Å². The Morgan fingerprint density at radius 2 is 1.15 bits per heavy atom. The zero-order chi connectivity index (χ0) is 21.0. The minimum atomic E-state index is -0.933. The summed E-state index contributed by atoms with van der Waals surface area (Å²) in [4.78, 5) is 10.1. The smallest absolute Gasteiger partial charge is 0.320 e. The lowest BCUT2D eigenvalue weighted by Gasteiger charge is -2.28. The second kappa shape index (κ2) is 20.6. The fourth-order valence-electron chi connectivity index (χ4n) is 3.28. The molecule has 0 amide bonds. The maximum absolute atomic E-state index is 10.1. The first kappa shape index (κ1) is 29.0. The van der Waals surface area contributed by atoms with Gasteiger partial charge in [-0.05, 0) is 45.1 Å². The van der Waals surface area contributed by atoms with Crippen LogP contribution in [0.1, 0.15) is 98.3 Å². The molecule has 27 heavy (non-hydrogen) atoms. The largest absolute Gasteiger partial charge is 0.480 e. The monoisotopic (exact) mass is 405 g/mol. The summed E-state index contributed by atoms with van der Waals surface area (Å²) < 4.78 is 0. The highest BCUT2D eigenvalue weighted by Gasteiger charge is 2.34. The second-order valence-electron chi connectivity index (χ2n) is 7.88. The molecule has 1 unspecified atom stereocenters. The summed E-state index contributed by atoms with van der Waals surface area (Å²) in [5, 5.41) is 8.33. The Kier molecular flexibility index (Phi) is 22.1. The highest BCUT2D eigenvalue weighted by atomic mass is 31.2. The van der Waals surface area contributed by atoms with Crippen LogP contribution in [-0.2, 0) is 4.79 Å². The number of nitrogens with two attached hydrogens (primary N) is 2. The summed E-state index contributed by atoms with van der Waals surface area (Å²) in [6.45, 7) is 10.0. The van der Waals surface area contributed by atoms with Crippen molar-refractivity contribution in [3.63, 3.8) is 0 Å². The Bertz CT molecular complexity index is 290. The molecule has 0 aromatic carbocycles. The molecular formula is C22H50N2O2P+. The van der Waals surface area contributed by atoms with Gasteiger partial charge in [0.2, 0.25) is 0 Å². The lowest BCUT2D eigenvalue weighted by atomic mass is 10.1. The number of aliphatic carboxylic acids is 1. The predicted molar refractivity (Wildman–Crippen MR) is 125 cm³/mol. The Morgan fingerprint density at radius 3 is 1.41 bits per heavy atom. The van der Waals surface area contributed by atoms with E-state index in [4.69, 9.17) is 16.6 Å². The SMILES string of the molecule is CCCC[P+](CCCC)(CCCC)CCCC.NCCCCC(N)C(=O)O. The molecule has 0 fully saturated rings. The summed E-state index contributed by atoms with van der Waals surface area (Å²) in [6.07, 6.45) is 20.1. The van der Waals surface area contributed by atoms with Gasteiger partial charge in [0.05, 0.1) is 24.6 Å². The van der Waals surface area contributed by atoms with Gasteiger partial charge in [-0.1, -0.05) is 59.8 Å². The van der Waals surface area contributed by atoms with Crippen molar-refractivity contribution in [3.05, 3.63) is 0 Å². The van der Waals surface area contributed by atoms with E-state index in [-0.39, 0.29) is 0 Å². The van der Waals surface area contributed by atoms with Crippen molar-refractivity contribution in [3.8, 4) is 0 Å². The topological polar surface area (TPSA) is 89.3 Å². The van der Waals surface area contributed by atoms with Gasteiger partial charge in [-0.15, -0.1) is 0 Å². The van der Waals surface area contributed by atoms with Crippen molar-refractivity contribution < 1.29 is 9.90 Å². The molecular weight excluding hydrogens is 355 g/mol. The molecule has 5 heteroatoms. The fraction of sp³-hybridized carbons (Fsp3) is 0.955. The number of carboxylic acid groups (broad SMARTS) is 1. The van der Waals surface area contributed by atoms with E-state index >= 15 is 0 Å². The number of carboxylic acids is 1. The minimum Gasteiger partial charge on any atom is -0.480 e. The molecule has 0 aromatic rings. The quantitative estimate of drug-likeness (QED) is 0.213. The maximum Gasteiger partial charge on any atom is 0.320 e. The highest BCUT2D eigenvalue weighted by molar-refractivity contribution is 7.75. The van der Waals surface area contributed by atoms with Crippen LogP contribution in [0.25, 0.3) is 0 Å². The predicted octanol–water partition coefficient (Wildman–Crippen LogP) is 5.73. The molecule has 0 bridgehead atoms. The van der Waals surface area contributed by atoms with E-state index in [1.807, 2.05) is 0 Å². The Labute approximate surface area is 170 Å². The number of carbonyl (C=O) groups is 1. The zero-order valence-electron chi connectivity index (χ0n) is 18.8. The molecule has 0 spiro atoms. The van der Waals surface area contributed by atoms with E-state index in [0.29, 0.717) is 13.0 Å². The van der Waals surface area contributed by atoms with Gasteiger partial charge in [0.25, 0.3) is 0 Å². The number of unbranched alkanes of at least 4 members (excludes halogenated alkanes) is 5. The van der Waals surface area contributed by atoms with E-state index in [2.05, 4.69) is 27.7 Å². The normalized spacial score (nSPS) is 12.4. The summed E-state index contributed by atoms with van der Waals surface area (Å²) in [5.74, 6) is -0.933. The molecule has 4 nitrogen and oxygen atoms in total. The lowest BCUT2D eigenvalue weighted by Crippen LogP contribution is -2.29. The Morgan fingerprint density at radius 1 is 0.778 bits per heavy atom. The molecule has 0 radical (unpaired) electrons. The van der Waals surface area contributed by atoms with Gasteiger partial charge in [-0.25, -0.2) is 0 Å². The van der Waals surface area contributed by atoms with Gasteiger partial charge in [0, 0.05) is 7.26 Å². The molecule has 0 heterocycles. The Balaban J connectivity index is 0. The first-order chi connectivity index (χ1) is 12.9. The van der Waals surface area contributed by atoms with Crippen molar-refractivity contribution in [2.75, 3.05) is 31.2 Å². The third-order valence-electron chi connectivity index (χ3n) is 5.23. The number of hydrogen-bond donors (Lipinski definition) is 3. The van der Waals surface area contributed by atoms with Gasteiger partial charge in [0.15, 0.2) is 0 Å². The third-order valence-corrected chi connectivity index (χ3v) is 10.3. The number of rotatable bonds is 17. The molecule has 0 aliphatic rings. The number of hydrogen-bond acceptors (Lipinski definition) is 3. The molecule has 5 N–H and O–H groups in total. The highest BCUT2D eigenvalue weighted by Crippen LogP contribution is 2.61. The van der Waals surface area contributed by atoms with Crippen LogP contribution in [0.5, 0.6) is 0 Å². The molecule has 0 aliphatic carbocycles. The lowest BCUT2D eigenvalue weighted by molar-refractivity contribution is -0.138. The van der Waals surface area contributed by atoms with Gasteiger partial charge in [-0.3, -0.25) is 4.79 Å². The summed E-state index contributed by atoms with van der Waals surface area (Å²) in [5.41, 5.74) is 10.4.